The number of aromatic nitrogens is 2. The number of nitrogens with one attached hydrogen (secondary N) is 1. The van der Waals surface area contributed by atoms with Crippen molar-refractivity contribution >= 4 is 17.3 Å². The predicted octanol–water partition coefficient (Wildman–Crippen LogP) is 2.90. The van der Waals surface area contributed by atoms with Gasteiger partial charge in [-0.3, -0.25) is 0 Å². The first-order chi connectivity index (χ1) is 9.71. The van der Waals surface area contributed by atoms with Crippen molar-refractivity contribution in [2.75, 3.05) is 17.7 Å². The largest absolute Gasteiger partial charge is 0.384 e. The molecular formula is C15H20N4O. The summed E-state index contributed by atoms with van der Waals surface area (Å²) in [6.45, 7) is 5.05. The Labute approximate surface area is 119 Å². The number of hydrogen-bond acceptors (Lipinski definition) is 5. The number of rotatable bonds is 6. The molecule has 0 amide bonds. The molecule has 5 heteroatoms. The fourth-order valence-electron chi connectivity index (χ4n) is 1.81. The van der Waals surface area contributed by atoms with Gasteiger partial charge in [-0.1, -0.05) is 19.1 Å². The second kappa shape index (κ2) is 6.86. The van der Waals surface area contributed by atoms with Gasteiger partial charge in [0.15, 0.2) is 5.82 Å². The fourth-order valence-corrected chi connectivity index (χ4v) is 1.81. The minimum atomic E-state index is 0.366. The summed E-state index contributed by atoms with van der Waals surface area (Å²) in [6.07, 6.45) is 1.03. The molecule has 0 spiro atoms. The molecule has 0 aliphatic rings. The van der Waals surface area contributed by atoms with Gasteiger partial charge in [-0.15, -0.1) is 0 Å². The highest BCUT2D eigenvalue weighted by molar-refractivity contribution is 5.58. The number of ether oxygens (including phenoxy) is 1. The first-order valence-corrected chi connectivity index (χ1v) is 6.78. The highest BCUT2D eigenvalue weighted by Gasteiger charge is 2.03. The van der Waals surface area contributed by atoms with E-state index >= 15 is 0 Å². The Morgan fingerprint density at radius 3 is 2.55 bits per heavy atom. The zero-order valence-corrected chi connectivity index (χ0v) is 11.9. The van der Waals surface area contributed by atoms with Crippen molar-refractivity contribution in [1.82, 2.24) is 9.97 Å². The summed E-state index contributed by atoms with van der Waals surface area (Å²) < 4.78 is 5.30. The number of aryl methyl sites for hydroxylation is 1. The van der Waals surface area contributed by atoms with E-state index in [0.29, 0.717) is 30.7 Å². The van der Waals surface area contributed by atoms with Gasteiger partial charge in [-0.25, -0.2) is 9.97 Å². The van der Waals surface area contributed by atoms with Crippen molar-refractivity contribution in [3.05, 3.63) is 41.7 Å². The Morgan fingerprint density at radius 2 is 1.90 bits per heavy atom. The molecule has 106 valence electrons. The lowest BCUT2D eigenvalue weighted by molar-refractivity contribution is 0.128. The highest BCUT2D eigenvalue weighted by Crippen LogP contribution is 2.17. The second-order valence-electron chi connectivity index (χ2n) is 4.41. The minimum absolute atomic E-state index is 0.366. The van der Waals surface area contributed by atoms with E-state index in [0.717, 1.165) is 12.1 Å². The summed E-state index contributed by atoms with van der Waals surface area (Å²) in [5, 5.41) is 3.23. The number of nitrogen functional groups attached to an aromatic ring is 1. The van der Waals surface area contributed by atoms with E-state index in [-0.39, 0.29) is 0 Å². The van der Waals surface area contributed by atoms with Gasteiger partial charge < -0.3 is 15.8 Å². The Hall–Kier alpha value is -2.14. The first kappa shape index (κ1) is 14.3. The molecule has 0 aliphatic carbocycles. The van der Waals surface area contributed by atoms with Crippen LogP contribution in [0.1, 0.15) is 25.2 Å². The van der Waals surface area contributed by atoms with Crippen molar-refractivity contribution in [1.29, 1.82) is 0 Å². The van der Waals surface area contributed by atoms with Crippen LogP contribution in [0.15, 0.2) is 30.3 Å². The Balaban J connectivity index is 2.12. The lowest BCUT2D eigenvalue weighted by Gasteiger charge is -2.09. The molecule has 1 heterocycles. The van der Waals surface area contributed by atoms with Crippen molar-refractivity contribution in [3.63, 3.8) is 0 Å². The number of hydrogen-bond donors (Lipinski definition) is 2. The molecule has 5 nitrogen and oxygen atoms in total. The number of nitrogens with two attached hydrogens (primary N) is 1. The van der Waals surface area contributed by atoms with Crippen molar-refractivity contribution in [3.8, 4) is 0 Å². The molecule has 1 aromatic carbocycles. The smallest absolute Gasteiger partial charge is 0.158 e. The van der Waals surface area contributed by atoms with Crippen molar-refractivity contribution in [2.24, 2.45) is 0 Å². The Kier molecular flexibility index (Phi) is 4.90. The third-order valence-corrected chi connectivity index (χ3v) is 2.86. The predicted molar refractivity (Wildman–Crippen MR) is 80.9 cm³/mol. The molecule has 0 fully saturated rings. The Morgan fingerprint density at radius 1 is 1.15 bits per heavy atom. The summed E-state index contributed by atoms with van der Waals surface area (Å²) in [6, 6.07) is 9.95. The number of benzene rings is 1. The molecule has 20 heavy (non-hydrogen) atoms. The monoisotopic (exact) mass is 272 g/mol. The van der Waals surface area contributed by atoms with Gasteiger partial charge >= 0.3 is 0 Å². The third kappa shape index (κ3) is 3.93. The lowest BCUT2D eigenvalue weighted by Crippen LogP contribution is -2.05. The normalized spacial score (nSPS) is 10.5. The van der Waals surface area contributed by atoms with E-state index in [9.17, 15) is 0 Å². The average Bonchev–Trinajstić information content (AvgIpc) is 2.45. The Bertz CT molecular complexity index is 554. The zero-order valence-electron chi connectivity index (χ0n) is 11.9. The van der Waals surface area contributed by atoms with Crippen LogP contribution >= 0.6 is 0 Å². The summed E-state index contributed by atoms with van der Waals surface area (Å²) in [7, 11) is 0. The molecule has 3 N–H and O–H groups in total. The quantitative estimate of drug-likeness (QED) is 0.846. The SMILES string of the molecule is CCOCc1nc(N)cc(Nc2ccc(CC)cc2)n1. The van der Waals surface area contributed by atoms with Crippen LogP contribution < -0.4 is 11.1 Å². The minimum Gasteiger partial charge on any atom is -0.384 e. The van der Waals surface area contributed by atoms with Gasteiger partial charge in [-0.2, -0.15) is 0 Å². The molecule has 0 aliphatic heterocycles. The van der Waals surface area contributed by atoms with Crippen LogP contribution in [-0.2, 0) is 17.8 Å². The highest BCUT2D eigenvalue weighted by atomic mass is 16.5. The van der Waals surface area contributed by atoms with Gasteiger partial charge in [0.1, 0.15) is 18.2 Å². The summed E-state index contributed by atoms with van der Waals surface area (Å²) in [5.74, 6) is 1.69. The number of nitrogens with zero attached hydrogens (tertiary/aromatic N) is 2. The van der Waals surface area contributed by atoms with E-state index in [1.807, 2.05) is 19.1 Å². The van der Waals surface area contributed by atoms with Gasteiger partial charge in [0, 0.05) is 18.4 Å². The molecule has 0 bridgehead atoms. The lowest BCUT2D eigenvalue weighted by atomic mass is 10.1. The molecule has 0 radical (unpaired) electrons. The van der Waals surface area contributed by atoms with Crippen molar-refractivity contribution < 1.29 is 4.74 Å². The maximum atomic E-state index is 5.78. The summed E-state index contributed by atoms with van der Waals surface area (Å²) >= 11 is 0. The van der Waals surface area contributed by atoms with Gasteiger partial charge in [0.25, 0.3) is 0 Å². The van der Waals surface area contributed by atoms with Crippen LogP contribution in [0.2, 0.25) is 0 Å². The van der Waals surface area contributed by atoms with E-state index in [1.54, 1.807) is 6.07 Å². The van der Waals surface area contributed by atoms with E-state index in [4.69, 9.17) is 10.5 Å². The fraction of sp³-hybridized carbons (Fsp3) is 0.333. The van der Waals surface area contributed by atoms with E-state index in [1.165, 1.54) is 5.56 Å². The summed E-state index contributed by atoms with van der Waals surface area (Å²) in [4.78, 5) is 8.52. The van der Waals surface area contributed by atoms with Crippen LogP contribution in [0, 0.1) is 0 Å². The van der Waals surface area contributed by atoms with Gasteiger partial charge in [0.05, 0.1) is 0 Å². The van der Waals surface area contributed by atoms with E-state index < -0.39 is 0 Å². The maximum absolute atomic E-state index is 5.78. The van der Waals surface area contributed by atoms with Crippen molar-refractivity contribution in [2.45, 2.75) is 26.9 Å². The molecule has 2 rings (SSSR count). The average molecular weight is 272 g/mol. The molecule has 2 aromatic rings. The molecule has 0 atom stereocenters. The topological polar surface area (TPSA) is 73.1 Å². The van der Waals surface area contributed by atoms with Crippen LogP contribution in [0.4, 0.5) is 17.3 Å². The van der Waals surface area contributed by atoms with E-state index in [2.05, 4.69) is 34.3 Å². The van der Waals surface area contributed by atoms with Crippen LogP contribution in [0.5, 0.6) is 0 Å². The standard InChI is InChI=1S/C15H20N4O/c1-3-11-5-7-12(8-6-11)17-14-9-13(16)18-15(19-14)10-20-4-2/h5-9H,3-4,10H2,1-2H3,(H3,16,17,18,19). The van der Waals surface area contributed by atoms with Crippen LogP contribution in [0.3, 0.4) is 0 Å². The molecule has 0 saturated heterocycles. The molecule has 1 aromatic heterocycles. The number of anilines is 3. The first-order valence-electron chi connectivity index (χ1n) is 6.78. The third-order valence-electron chi connectivity index (χ3n) is 2.86. The molecule has 0 unspecified atom stereocenters. The van der Waals surface area contributed by atoms with Gasteiger partial charge in [0.2, 0.25) is 0 Å². The second-order valence-corrected chi connectivity index (χ2v) is 4.41. The molecular weight excluding hydrogens is 252 g/mol. The van der Waals surface area contributed by atoms with Crippen LogP contribution in [-0.4, -0.2) is 16.6 Å². The maximum Gasteiger partial charge on any atom is 0.158 e. The molecule has 0 saturated carbocycles. The summed E-state index contributed by atoms with van der Waals surface area (Å²) in [5.41, 5.74) is 8.06. The zero-order chi connectivity index (χ0) is 14.4. The van der Waals surface area contributed by atoms with Crippen LogP contribution in [0.25, 0.3) is 0 Å². The van der Waals surface area contributed by atoms with Gasteiger partial charge in [-0.05, 0) is 31.0 Å².